The molecule has 1 aliphatic heterocycles. The third-order valence-corrected chi connectivity index (χ3v) is 6.34. The van der Waals surface area contributed by atoms with Crippen molar-refractivity contribution in [3.63, 3.8) is 0 Å². The molecule has 7 heteroatoms. The van der Waals surface area contributed by atoms with Crippen LogP contribution < -0.4 is 10.2 Å². The molecular weight excluding hydrogens is 444 g/mol. The van der Waals surface area contributed by atoms with E-state index in [0.29, 0.717) is 10.7 Å². The Morgan fingerprint density at radius 1 is 1.00 bits per heavy atom. The number of anilines is 1. The van der Waals surface area contributed by atoms with Gasteiger partial charge in [0.25, 0.3) is 0 Å². The Balaban J connectivity index is 1.62. The van der Waals surface area contributed by atoms with Crippen LogP contribution in [0.25, 0.3) is 5.69 Å². The smallest absolute Gasteiger partial charge is 0.337 e. The minimum atomic E-state index is -0.356. The average molecular weight is 469 g/mol. The number of methoxy groups -OCH3 is 1. The fourth-order valence-corrected chi connectivity index (χ4v) is 4.80. The molecule has 1 aliphatic rings. The first-order chi connectivity index (χ1) is 16.6. The third-order valence-electron chi connectivity index (χ3n) is 6.03. The van der Waals surface area contributed by atoms with Crippen LogP contribution in [0.3, 0.4) is 0 Å². The molecule has 0 spiro atoms. The maximum absolute atomic E-state index is 11.9. The number of esters is 1. The normalized spacial score (nSPS) is 17.5. The lowest BCUT2D eigenvalue weighted by Gasteiger charge is -2.29. The number of carbonyl (C=O) groups excluding carboxylic acids is 1. The fourth-order valence-electron chi connectivity index (χ4n) is 4.46. The summed E-state index contributed by atoms with van der Waals surface area (Å²) in [6.45, 7) is 2.08. The zero-order chi connectivity index (χ0) is 23.7. The highest BCUT2D eigenvalue weighted by molar-refractivity contribution is 7.80. The Bertz CT molecular complexity index is 1330. The van der Waals surface area contributed by atoms with Gasteiger partial charge in [-0.3, -0.25) is 4.98 Å². The second-order valence-electron chi connectivity index (χ2n) is 8.18. The number of rotatable bonds is 5. The van der Waals surface area contributed by atoms with E-state index in [2.05, 4.69) is 51.0 Å². The average Bonchev–Trinajstić information content (AvgIpc) is 3.48. The summed E-state index contributed by atoms with van der Waals surface area (Å²) in [5.74, 6) is -0.356. The van der Waals surface area contributed by atoms with E-state index in [1.807, 2.05) is 48.7 Å². The summed E-state index contributed by atoms with van der Waals surface area (Å²) in [5.41, 5.74) is 5.60. The van der Waals surface area contributed by atoms with E-state index >= 15 is 0 Å². The molecule has 0 aliphatic carbocycles. The zero-order valence-corrected chi connectivity index (χ0v) is 19.7. The van der Waals surface area contributed by atoms with Crippen molar-refractivity contribution in [3.8, 4) is 5.69 Å². The highest BCUT2D eigenvalue weighted by Crippen LogP contribution is 2.42. The summed E-state index contributed by atoms with van der Waals surface area (Å²) in [6, 6.07) is 25.5. The summed E-state index contributed by atoms with van der Waals surface area (Å²) < 4.78 is 6.96. The second-order valence-corrected chi connectivity index (χ2v) is 8.56. The number of aromatic nitrogens is 2. The fraction of sp³-hybridized carbons (Fsp3) is 0.148. The summed E-state index contributed by atoms with van der Waals surface area (Å²) >= 11 is 5.84. The van der Waals surface area contributed by atoms with E-state index in [9.17, 15) is 4.79 Å². The van der Waals surface area contributed by atoms with Crippen LogP contribution in [0.4, 0.5) is 5.69 Å². The van der Waals surface area contributed by atoms with Crippen LogP contribution in [-0.4, -0.2) is 27.7 Å². The van der Waals surface area contributed by atoms with Gasteiger partial charge in [-0.05, 0) is 85.4 Å². The first-order valence-corrected chi connectivity index (χ1v) is 11.4. The van der Waals surface area contributed by atoms with Crippen molar-refractivity contribution < 1.29 is 9.53 Å². The maximum Gasteiger partial charge on any atom is 0.337 e. The SMILES string of the molecule is COC(=O)c1ccc(-n2cccc2[C@@H]2[C@@H](c3ccccn3)NC(=S)N2c2cccc(C)c2)cc1. The van der Waals surface area contributed by atoms with Crippen LogP contribution in [0.5, 0.6) is 0 Å². The van der Waals surface area contributed by atoms with E-state index in [0.717, 1.165) is 28.3 Å². The Hall–Kier alpha value is -3.97. The van der Waals surface area contributed by atoms with Crippen molar-refractivity contribution in [1.29, 1.82) is 0 Å². The van der Waals surface area contributed by atoms with Gasteiger partial charge in [0, 0.05) is 29.5 Å². The summed E-state index contributed by atoms with van der Waals surface area (Å²) in [5, 5.41) is 4.16. The van der Waals surface area contributed by atoms with Crippen LogP contribution >= 0.6 is 12.2 Å². The number of pyridine rings is 1. The number of carbonyl (C=O) groups is 1. The molecule has 1 N–H and O–H groups in total. The van der Waals surface area contributed by atoms with Crippen molar-refractivity contribution in [1.82, 2.24) is 14.9 Å². The monoisotopic (exact) mass is 468 g/mol. The molecule has 0 amide bonds. The van der Waals surface area contributed by atoms with Crippen molar-refractivity contribution in [2.24, 2.45) is 0 Å². The number of ether oxygens (including phenoxy) is 1. The van der Waals surface area contributed by atoms with Crippen LogP contribution in [-0.2, 0) is 4.74 Å². The molecular formula is C27H24N4O2S. The molecule has 2 atom stereocenters. The van der Waals surface area contributed by atoms with E-state index in [4.69, 9.17) is 17.0 Å². The third kappa shape index (κ3) is 3.95. The Morgan fingerprint density at radius 3 is 2.53 bits per heavy atom. The molecule has 34 heavy (non-hydrogen) atoms. The molecule has 1 fully saturated rings. The molecule has 2 aromatic heterocycles. The van der Waals surface area contributed by atoms with Gasteiger partial charge in [0.15, 0.2) is 5.11 Å². The number of aryl methyl sites for hydroxylation is 1. The van der Waals surface area contributed by atoms with Gasteiger partial charge >= 0.3 is 5.97 Å². The van der Waals surface area contributed by atoms with E-state index in [1.165, 1.54) is 7.11 Å². The molecule has 0 radical (unpaired) electrons. The van der Waals surface area contributed by atoms with Crippen molar-refractivity contribution in [2.45, 2.75) is 19.0 Å². The van der Waals surface area contributed by atoms with E-state index < -0.39 is 0 Å². The zero-order valence-electron chi connectivity index (χ0n) is 18.9. The van der Waals surface area contributed by atoms with E-state index in [1.54, 1.807) is 18.3 Å². The predicted octanol–water partition coefficient (Wildman–Crippen LogP) is 5.14. The number of hydrogen-bond donors (Lipinski definition) is 1. The lowest BCUT2D eigenvalue weighted by atomic mass is 10.0. The standard InChI is InChI=1S/C27H24N4O2S/c1-18-7-5-8-21(17-18)31-25(24(29-27(31)34)22-9-3-4-15-28-22)23-10-6-16-30(23)20-13-11-19(12-14-20)26(32)33-2/h3-17,24-25H,1-2H3,(H,29,34)/t24-,25-/m1/s1. The number of benzene rings is 2. The van der Waals surface area contributed by atoms with Gasteiger partial charge in [-0.15, -0.1) is 0 Å². The lowest BCUT2D eigenvalue weighted by Crippen LogP contribution is -2.30. The molecule has 3 heterocycles. The van der Waals surface area contributed by atoms with E-state index in [-0.39, 0.29) is 18.1 Å². The van der Waals surface area contributed by atoms with Crippen LogP contribution in [0.1, 0.15) is 39.4 Å². The molecule has 0 unspecified atom stereocenters. The van der Waals surface area contributed by atoms with Gasteiger partial charge < -0.3 is 19.5 Å². The number of hydrogen-bond acceptors (Lipinski definition) is 4. The van der Waals surface area contributed by atoms with Crippen molar-refractivity contribution >= 4 is 29.0 Å². The van der Waals surface area contributed by atoms with Crippen LogP contribution in [0.15, 0.2) is 91.3 Å². The highest BCUT2D eigenvalue weighted by atomic mass is 32.1. The highest BCUT2D eigenvalue weighted by Gasteiger charge is 2.42. The number of nitrogens with one attached hydrogen (secondary N) is 1. The molecule has 4 aromatic rings. The molecule has 6 nitrogen and oxygen atoms in total. The second kappa shape index (κ2) is 9.11. The molecule has 170 valence electrons. The van der Waals surface area contributed by atoms with Gasteiger partial charge in [-0.25, -0.2) is 4.79 Å². The van der Waals surface area contributed by atoms with Gasteiger partial charge in [-0.2, -0.15) is 0 Å². The van der Waals surface area contributed by atoms with Gasteiger partial charge in [0.2, 0.25) is 0 Å². The molecule has 5 rings (SSSR count). The largest absolute Gasteiger partial charge is 0.465 e. The molecule has 0 bridgehead atoms. The molecule has 2 aromatic carbocycles. The van der Waals surface area contributed by atoms with Gasteiger partial charge in [0.1, 0.15) is 6.04 Å². The summed E-state index contributed by atoms with van der Waals surface area (Å²) in [6.07, 6.45) is 3.82. The predicted molar refractivity (Wildman–Crippen MR) is 136 cm³/mol. The Morgan fingerprint density at radius 2 is 1.82 bits per heavy atom. The van der Waals surface area contributed by atoms with Crippen LogP contribution in [0.2, 0.25) is 0 Å². The first-order valence-electron chi connectivity index (χ1n) is 11.0. The minimum absolute atomic E-state index is 0.139. The van der Waals surface area contributed by atoms with Crippen molar-refractivity contribution in [3.05, 3.63) is 114 Å². The van der Waals surface area contributed by atoms with Gasteiger partial charge in [0.05, 0.1) is 24.4 Å². The van der Waals surface area contributed by atoms with Crippen LogP contribution in [0, 0.1) is 6.92 Å². The van der Waals surface area contributed by atoms with Crippen molar-refractivity contribution in [2.75, 3.05) is 12.0 Å². The quantitative estimate of drug-likeness (QED) is 0.323. The minimum Gasteiger partial charge on any atom is -0.465 e. The Kier molecular flexibility index (Phi) is 5.86. The topological polar surface area (TPSA) is 59.4 Å². The molecule has 1 saturated heterocycles. The maximum atomic E-state index is 11.9. The number of thiocarbonyl (C=S) groups is 1. The summed E-state index contributed by atoms with van der Waals surface area (Å²) in [4.78, 5) is 18.7. The molecule has 0 saturated carbocycles. The Labute approximate surface area is 203 Å². The number of nitrogens with zero attached hydrogens (tertiary/aromatic N) is 3. The summed E-state index contributed by atoms with van der Waals surface area (Å²) in [7, 11) is 1.38. The first kappa shape index (κ1) is 21.9. The van der Waals surface area contributed by atoms with Gasteiger partial charge in [-0.1, -0.05) is 18.2 Å². The lowest BCUT2D eigenvalue weighted by molar-refractivity contribution is 0.0600.